The minimum absolute atomic E-state index is 0.705. The number of ether oxygens (including phenoxy) is 1. The van der Waals surface area contributed by atoms with Crippen LogP contribution in [0.3, 0.4) is 0 Å². The van der Waals surface area contributed by atoms with Gasteiger partial charge in [-0.25, -0.2) is 0 Å². The van der Waals surface area contributed by atoms with Crippen LogP contribution in [0.1, 0.15) is 13.8 Å². The Balaban J connectivity index is 3.63. The van der Waals surface area contributed by atoms with Gasteiger partial charge in [-0.3, -0.25) is 0 Å². The van der Waals surface area contributed by atoms with Crippen molar-refractivity contribution in [2.24, 2.45) is 0 Å². The summed E-state index contributed by atoms with van der Waals surface area (Å²) < 4.78 is 10.9. The van der Waals surface area contributed by atoms with Crippen molar-refractivity contribution >= 4 is 8.32 Å². The topological polar surface area (TPSA) is 18.5 Å². The van der Waals surface area contributed by atoms with Crippen LogP contribution in [0.2, 0.25) is 13.1 Å². The molecule has 0 N–H and O–H groups in total. The second-order valence-corrected chi connectivity index (χ2v) is 7.28. The van der Waals surface area contributed by atoms with Gasteiger partial charge in [0, 0.05) is 6.61 Å². The van der Waals surface area contributed by atoms with E-state index in [0.717, 1.165) is 12.4 Å². The van der Waals surface area contributed by atoms with E-state index >= 15 is 0 Å². The molecule has 0 radical (unpaired) electrons. The molecule has 3 heteroatoms. The molecule has 0 aromatic heterocycles. The van der Waals surface area contributed by atoms with Crippen LogP contribution >= 0.6 is 0 Å². The summed E-state index contributed by atoms with van der Waals surface area (Å²) in [5, 5.41) is 0. The average Bonchev–Trinajstić information content (AvgIpc) is 1.84. The molecule has 0 spiro atoms. The van der Waals surface area contributed by atoms with Gasteiger partial charge < -0.3 is 9.16 Å². The number of hydrogen-bond donors (Lipinski definition) is 0. The largest absolute Gasteiger partial charge is 0.499 e. The highest BCUT2D eigenvalue weighted by Crippen LogP contribution is 2.06. The summed E-state index contributed by atoms with van der Waals surface area (Å²) in [5.41, 5.74) is 0. The van der Waals surface area contributed by atoms with Crippen molar-refractivity contribution in [1.29, 1.82) is 0 Å². The predicted molar refractivity (Wildman–Crippen MR) is 49.9 cm³/mol. The zero-order valence-corrected chi connectivity index (χ0v) is 8.94. The van der Waals surface area contributed by atoms with E-state index in [1.807, 2.05) is 13.8 Å². The van der Waals surface area contributed by atoms with Gasteiger partial charge in [-0.1, -0.05) is 6.58 Å². The fourth-order valence-electron chi connectivity index (χ4n) is 0.729. The van der Waals surface area contributed by atoms with Gasteiger partial charge >= 0.3 is 0 Å². The highest BCUT2D eigenvalue weighted by Gasteiger charge is 2.22. The van der Waals surface area contributed by atoms with Gasteiger partial charge in [0.2, 0.25) is 8.32 Å². The molecule has 0 bridgehead atoms. The van der Waals surface area contributed by atoms with Gasteiger partial charge in [0.05, 0.1) is 5.76 Å². The monoisotopic (exact) mass is 174 g/mol. The van der Waals surface area contributed by atoms with Crippen LogP contribution in [0.5, 0.6) is 0 Å². The molecule has 0 saturated heterocycles. The maximum atomic E-state index is 5.55. The van der Waals surface area contributed by atoms with Crippen molar-refractivity contribution in [2.75, 3.05) is 12.8 Å². The Morgan fingerprint density at radius 2 is 2.00 bits per heavy atom. The molecule has 0 atom stereocenters. The minimum atomic E-state index is -1.55. The maximum absolute atomic E-state index is 5.55. The van der Waals surface area contributed by atoms with Crippen molar-refractivity contribution < 1.29 is 9.16 Å². The van der Waals surface area contributed by atoms with Gasteiger partial charge in [-0.2, -0.15) is 0 Å². The van der Waals surface area contributed by atoms with E-state index < -0.39 is 8.32 Å². The van der Waals surface area contributed by atoms with Crippen LogP contribution in [0, 0.1) is 0 Å². The number of hydrogen-bond acceptors (Lipinski definition) is 2. The lowest BCUT2D eigenvalue weighted by Crippen LogP contribution is -2.36. The molecule has 11 heavy (non-hydrogen) atoms. The first-order chi connectivity index (χ1) is 4.98. The Morgan fingerprint density at radius 1 is 1.45 bits per heavy atom. The summed E-state index contributed by atoms with van der Waals surface area (Å²) in [6.07, 6.45) is 0.705. The van der Waals surface area contributed by atoms with Crippen LogP contribution in [0.15, 0.2) is 12.3 Å². The standard InChI is InChI=1S/C8H18O2Si/c1-6-10-11(4,5)7-9-8(2)3/h2,6-7H2,1,3-5H3. The predicted octanol–water partition coefficient (Wildman–Crippen LogP) is 2.32. The molecule has 66 valence electrons. The van der Waals surface area contributed by atoms with Crippen molar-refractivity contribution in [3.8, 4) is 0 Å². The average molecular weight is 174 g/mol. The Morgan fingerprint density at radius 3 is 2.36 bits per heavy atom. The van der Waals surface area contributed by atoms with E-state index in [1.54, 1.807) is 0 Å². The third-order valence-electron chi connectivity index (χ3n) is 1.20. The molecular formula is C8H18O2Si. The summed E-state index contributed by atoms with van der Waals surface area (Å²) in [6, 6.07) is 0. The van der Waals surface area contributed by atoms with Gasteiger partial charge in [-0.15, -0.1) is 0 Å². The second-order valence-electron chi connectivity index (χ2n) is 3.18. The normalized spacial score (nSPS) is 11.3. The fraction of sp³-hybridized carbons (Fsp3) is 0.750. The van der Waals surface area contributed by atoms with E-state index in [4.69, 9.17) is 9.16 Å². The molecule has 0 heterocycles. The van der Waals surface area contributed by atoms with Crippen molar-refractivity contribution in [3.63, 3.8) is 0 Å². The van der Waals surface area contributed by atoms with Crippen LogP contribution in [0.4, 0.5) is 0 Å². The summed E-state index contributed by atoms with van der Waals surface area (Å²) in [7, 11) is -1.55. The number of rotatable bonds is 5. The number of allylic oxidation sites excluding steroid dienone is 1. The first-order valence-electron chi connectivity index (χ1n) is 3.90. The van der Waals surface area contributed by atoms with E-state index in [-0.39, 0.29) is 0 Å². The lowest BCUT2D eigenvalue weighted by atomic mass is 10.7. The molecule has 0 aromatic rings. The summed E-state index contributed by atoms with van der Waals surface area (Å²) >= 11 is 0. The van der Waals surface area contributed by atoms with E-state index in [0.29, 0.717) is 6.23 Å². The van der Waals surface area contributed by atoms with E-state index in [9.17, 15) is 0 Å². The molecule has 0 rings (SSSR count). The molecule has 0 aliphatic heterocycles. The summed E-state index contributed by atoms with van der Waals surface area (Å²) in [6.45, 7) is 12.6. The lowest BCUT2D eigenvalue weighted by Gasteiger charge is -2.21. The highest BCUT2D eigenvalue weighted by molar-refractivity contribution is 6.71. The van der Waals surface area contributed by atoms with Crippen molar-refractivity contribution in [2.45, 2.75) is 26.9 Å². The molecule has 2 nitrogen and oxygen atoms in total. The molecule has 0 amide bonds. The fourth-order valence-corrected chi connectivity index (χ4v) is 2.19. The zero-order chi connectivity index (χ0) is 8.91. The zero-order valence-electron chi connectivity index (χ0n) is 7.94. The summed E-state index contributed by atoms with van der Waals surface area (Å²) in [5.74, 6) is 0.769. The molecule has 0 unspecified atom stereocenters. The van der Waals surface area contributed by atoms with Crippen molar-refractivity contribution in [3.05, 3.63) is 12.3 Å². The Hall–Kier alpha value is -0.283. The van der Waals surface area contributed by atoms with Crippen LogP contribution < -0.4 is 0 Å². The Kier molecular flexibility index (Phi) is 4.45. The first kappa shape index (κ1) is 10.7. The second kappa shape index (κ2) is 4.57. The van der Waals surface area contributed by atoms with Crippen LogP contribution in [0.25, 0.3) is 0 Å². The molecule has 0 saturated carbocycles. The maximum Gasteiger partial charge on any atom is 0.224 e. The van der Waals surface area contributed by atoms with Gasteiger partial charge in [0.15, 0.2) is 0 Å². The lowest BCUT2D eigenvalue weighted by molar-refractivity contribution is 0.226. The third kappa shape index (κ3) is 6.13. The van der Waals surface area contributed by atoms with E-state index in [1.165, 1.54) is 0 Å². The molecule has 0 aliphatic carbocycles. The van der Waals surface area contributed by atoms with Crippen molar-refractivity contribution in [1.82, 2.24) is 0 Å². The third-order valence-corrected chi connectivity index (χ3v) is 3.11. The SMILES string of the molecule is C=C(C)OC[Si](C)(C)OCC. The molecule has 0 fully saturated rings. The minimum Gasteiger partial charge on any atom is -0.499 e. The van der Waals surface area contributed by atoms with Gasteiger partial charge in [0.25, 0.3) is 0 Å². The Bertz CT molecular complexity index is 132. The first-order valence-corrected chi connectivity index (χ1v) is 7.02. The van der Waals surface area contributed by atoms with Gasteiger partial charge in [-0.05, 0) is 26.9 Å². The quantitative estimate of drug-likeness (QED) is 0.470. The molecule has 0 aliphatic rings. The molecule has 0 aromatic carbocycles. The van der Waals surface area contributed by atoms with Crippen LogP contribution in [-0.4, -0.2) is 21.2 Å². The van der Waals surface area contributed by atoms with Gasteiger partial charge in [0.1, 0.15) is 6.23 Å². The molecular weight excluding hydrogens is 156 g/mol. The highest BCUT2D eigenvalue weighted by atomic mass is 28.4. The Labute approximate surface area is 70.3 Å². The summed E-state index contributed by atoms with van der Waals surface area (Å²) in [4.78, 5) is 0. The smallest absolute Gasteiger partial charge is 0.224 e. The van der Waals surface area contributed by atoms with Crippen LogP contribution in [-0.2, 0) is 9.16 Å². The van der Waals surface area contributed by atoms with E-state index in [2.05, 4.69) is 19.7 Å².